The van der Waals surface area contributed by atoms with Gasteiger partial charge in [0.25, 0.3) is 0 Å². The molecule has 0 unspecified atom stereocenters. The van der Waals surface area contributed by atoms with Crippen molar-refractivity contribution in [1.29, 1.82) is 0 Å². The Morgan fingerprint density at radius 2 is 2.33 bits per heavy atom. The van der Waals surface area contributed by atoms with E-state index in [4.69, 9.17) is 4.42 Å². The van der Waals surface area contributed by atoms with Crippen LogP contribution < -0.4 is 10.6 Å². The second-order valence-electron chi connectivity index (χ2n) is 6.08. The lowest BCUT2D eigenvalue weighted by Gasteiger charge is -2.16. The normalized spacial score (nSPS) is 14.3. The van der Waals surface area contributed by atoms with Crippen LogP contribution in [-0.4, -0.2) is 47.9 Å². The molecule has 0 radical (unpaired) electrons. The number of oxazole rings is 1. The molecule has 1 amide bonds. The van der Waals surface area contributed by atoms with Crippen molar-refractivity contribution in [3.05, 3.63) is 29.5 Å². The quantitative estimate of drug-likeness (QED) is 0.251. The van der Waals surface area contributed by atoms with Gasteiger partial charge in [0.2, 0.25) is 11.8 Å². The third-order valence-corrected chi connectivity index (χ3v) is 4.95. The van der Waals surface area contributed by atoms with E-state index in [1.54, 1.807) is 17.6 Å². The molecule has 2 aromatic heterocycles. The number of nitrogens with one attached hydrogen (secondary N) is 2. The number of carbonyl (C=O) groups excluding carboxylic acids is 1. The number of hydrogen-bond donors (Lipinski definition) is 2. The van der Waals surface area contributed by atoms with Crippen LogP contribution in [0.2, 0.25) is 0 Å². The van der Waals surface area contributed by atoms with Gasteiger partial charge in [-0.2, -0.15) is 0 Å². The van der Waals surface area contributed by atoms with Crippen molar-refractivity contribution in [3.63, 3.8) is 0 Å². The Morgan fingerprint density at radius 1 is 1.44 bits per heavy atom. The standard InChI is InChI=1S/C18H25N5O2S.HI/c1-2-19-18(20-8-5-10-23-9-3-7-16(23)24)21-12-14-13-25-17(22-14)15-6-4-11-26-15;/h4,6,11,13H,2-3,5,7-10,12H2,1H3,(H2,19,20,21);1H. The van der Waals surface area contributed by atoms with Crippen LogP contribution in [0.5, 0.6) is 0 Å². The summed E-state index contributed by atoms with van der Waals surface area (Å²) >= 11 is 1.60. The highest BCUT2D eigenvalue weighted by molar-refractivity contribution is 14.0. The Kier molecular flexibility index (Phi) is 9.05. The summed E-state index contributed by atoms with van der Waals surface area (Å²) < 4.78 is 5.52. The minimum Gasteiger partial charge on any atom is -0.443 e. The lowest BCUT2D eigenvalue weighted by Crippen LogP contribution is -2.39. The molecule has 1 saturated heterocycles. The van der Waals surface area contributed by atoms with Crippen LogP contribution in [0.25, 0.3) is 10.8 Å². The first-order valence-electron chi connectivity index (χ1n) is 9.04. The molecule has 3 rings (SSSR count). The summed E-state index contributed by atoms with van der Waals surface area (Å²) in [6, 6.07) is 3.96. The molecule has 1 aliphatic heterocycles. The molecule has 1 aliphatic rings. The largest absolute Gasteiger partial charge is 0.443 e. The number of aromatic nitrogens is 1. The third kappa shape index (κ3) is 6.49. The summed E-state index contributed by atoms with van der Waals surface area (Å²) in [5, 5.41) is 8.54. The van der Waals surface area contributed by atoms with E-state index in [9.17, 15) is 4.79 Å². The fraction of sp³-hybridized carbons (Fsp3) is 0.500. The number of amides is 1. The molecule has 0 bridgehead atoms. The number of guanidine groups is 1. The van der Waals surface area contributed by atoms with Gasteiger partial charge in [-0.1, -0.05) is 6.07 Å². The molecule has 148 valence electrons. The average Bonchev–Trinajstić information content (AvgIpc) is 3.38. The maximum atomic E-state index is 11.6. The molecule has 0 aliphatic carbocycles. The van der Waals surface area contributed by atoms with Gasteiger partial charge < -0.3 is 20.0 Å². The first-order chi connectivity index (χ1) is 12.8. The van der Waals surface area contributed by atoms with E-state index in [1.807, 2.05) is 29.3 Å². The molecule has 0 atom stereocenters. The van der Waals surface area contributed by atoms with Crippen molar-refractivity contribution in [2.75, 3.05) is 26.2 Å². The van der Waals surface area contributed by atoms with E-state index in [1.165, 1.54) is 0 Å². The maximum absolute atomic E-state index is 11.6. The highest BCUT2D eigenvalue weighted by atomic mass is 127. The van der Waals surface area contributed by atoms with Gasteiger partial charge in [0.05, 0.1) is 11.4 Å². The molecule has 3 heterocycles. The van der Waals surface area contributed by atoms with Crippen LogP contribution in [0, 0.1) is 0 Å². The van der Waals surface area contributed by atoms with Crippen molar-refractivity contribution in [2.24, 2.45) is 4.99 Å². The van der Waals surface area contributed by atoms with Gasteiger partial charge in [-0.15, -0.1) is 35.3 Å². The molecule has 0 aromatic carbocycles. The number of nitrogens with zero attached hydrogens (tertiary/aromatic N) is 3. The van der Waals surface area contributed by atoms with Gasteiger partial charge in [0.15, 0.2) is 5.96 Å². The summed E-state index contributed by atoms with van der Waals surface area (Å²) in [5.41, 5.74) is 0.799. The van der Waals surface area contributed by atoms with Gasteiger partial charge >= 0.3 is 0 Å². The highest BCUT2D eigenvalue weighted by Crippen LogP contribution is 2.23. The Hall–Kier alpha value is -1.62. The van der Waals surface area contributed by atoms with Gasteiger partial charge in [-0.25, -0.2) is 9.98 Å². The fourth-order valence-corrected chi connectivity index (χ4v) is 3.47. The summed E-state index contributed by atoms with van der Waals surface area (Å²) in [4.78, 5) is 23.6. The van der Waals surface area contributed by atoms with Gasteiger partial charge in [-0.05, 0) is 31.2 Å². The lowest BCUT2D eigenvalue weighted by atomic mass is 10.4. The second kappa shape index (κ2) is 11.3. The summed E-state index contributed by atoms with van der Waals surface area (Å²) in [5.74, 6) is 1.66. The number of aliphatic imine (C=N–C) groups is 1. The smallest absolute Gasteiger partial charge is 0.236 e. The molecule has 7 nitrogen and oxygen atoms in total. The molecule has 9 heteroatoms. The van der Waals surface area contributed by atoms with E-state index in [-0.39, 0.29) is 29.9 Å². The zero-order valence-electron chi connectivity index (χ0n) is 15.4. The van der Waals surface area contributed by atoms with Gasteiger partial charge in [0, 0.05) is 32.6 Å². The van der Waals surface area contributed by atoms with Crippen LogP contribution in [0.3, 0.4) is 0 Å². The Balaban J connectivity index is 0.00000261. The molecule has 0 saturated carbocycles. The number of thiophene rings is 1. The SMILES string of the molecule is CCNC(=NCc1coc(-c2cccs2)n1)NCCCN1CCCC1=O.I. The van der Waals surface area contributed by atoms with Crippen LogP contribution >= 0.6 is 35.3 Å². The number of hydrogen-bond acceptors (Lipinski definition) is 5. The average molecular weight is 503 g/mol. The molecule has 1 fully saturated rings. The first-order valence-corrected chi connectivity index (χ1v) is 9.92. The minimum absolute atomic E-state index is 0. The van der Waals surface area contributed by atoms with E-state index in [0.29, 0.717) is 18.9 Å². The van der Waals surface area contributed by atoms with Crippen molar-refractivity contribution < 1.29 is 9.21 Å². The first kappa shape index (κ1) is 21.7. The van der Waals surface area contributed by atoms with Crippen molar-refractivity contribution in [1.82, 2.24) is 20.5 Å². The topological polar surface area (TPSA) is 82.8 Å². The van der Waals surface area contributed by atoms with Crippen molar-refractivity contribution in [3.8, 4) is 10.8 Å². The predicted molar refractivity (Wildman–Crippen MR) is 118 cm³/mol. The molecule has 2 aromatic rings. The summed E-state index contributed by atoms with van der Waals surface area (Å²) in [7, 11) is 0. The van der Waals surface area contributed by atoms with Crippen LogP contribution in [-0.2, 0) is 11.3 Å². The number of likely N-dealkylation sites (tertiary alicyclic amines) is 1. The van der Waals surface area contributed by atoms with Crippen LogP contribution in [0.1, 0.15) is 31.9 Å². The predicted octanol–water partition coefficient (Wildman–Crippen LogP) is 3.09. The Morgan fingerprint density at radius 3 is 3.04 bits per heavy atom. The Bertz CT molecular complexity index is 732. The van der Waals surface area contributed by atoms with Crippen molar-refractivity contribution >= 4 is 47.2 Å². The van der Waals surface area contributed by atoms with Gasteiger partial charge in [0.1, 0.15) is 12.0 Å². The number of halogens is 1. The number of carbonyl (C=O) groups is 1. The number of rotatable bonds is 8. The van der Waals surface area contributed by atoms with Crippen molar-refractivity contribution in [2.45, 2.75) is 32.7 Å². The molecular formula is C18H26IN5O2S. The molecule has 0 spiro atoms. The van der Waals surface area contributed by atoms with E-state index < -0.39 is 0 Å². The summed E-state index contributed by atoms with van der Waals surface area (Å²) in [6.45, 7) is 5.74. The highest BCUT2D eigenvalue weighted by Gasteiger charge is 2.18. The van der Waals surface area contributed by atoms with E-state index in [0.717, 1.165) is 55.6 Å². The fourth-order valence-electron chi connectivity index (χ4n) is 2.81. The van der Waals surface area contributed by atoms with E-state index >= 15 is 0 Å². The Labute approximate surface area is 180 Å². The third-order valence-electron chi connectivity index (χ3n) is 4.10. The van der Waals surface area contributed by atoms with Crippen LogP contribution in [0.4, 0.5) is 0 Å². The monoisotopic (exact) mass is 503 g/mol. The lowest BCUT2D eigenvalue weighted by molar-refractivity contribution is -0.127. The summed E-state index contributed by atoms with van der Waals surface area (Å²) in [6.07, 6.45) is 4.24. The van der Waals surface area contributed by atoms with Gasteiger partial charge in [-0.3, -0.25) is 4.79 Å². The molecule has 2 N–H and O–H groups in total. The minimum atomic E-state index is 0. The maximum Gasteiger partial charge on any atom is 0.236 e. The zero-order chi connectivity index (χ0) is 18.2. The zero-order valence-corrected chi connectivity index (χ0v) is 18.6. The van der Waals surface area contributed by atoms with E-state index in [2.05, 4.69) is 20.6 Å². The molecular weight excluding hydrogens is 477 g/mol. The molecule has 27 heavy (non-hydrogen) atoms. The van der Waals surface area contributed by atoms with Crippen LogP contribution in [0.15, 0.2) is 33.2 Å². The second-order valence-corrected chi connectivity index (χ2v) is 7.03.